The summed E-state index contributed by atoms with van der Waals surface area (Å²) in [6.45, 7) is 0. The first kappa shape index (κ1) is 19.8. The molecule has 31 heavy (non-hydrogen) atoms. The number of benzene rings is 2. The molecule has 6 nitrogen and oxygen atoms in total. The molecule has 0 spiro atoms. The Morgan fingerprint density at radius 3 is 2.61 bits per heavy atom. The maximum absolute atomic E-state index is 12.7. The Balaban J connectivity index is 1.62. The topological polar surface area (TPSA) is 97.4 Å². The molecule has 4 N–H and O–H groups in total. The number of aliphatic hydroxyl groups excluding tert-OH is 1. The van der Waals surface area contributed by atoms with E-state index in [1.165, 1.54) is 0 Å². The van der Waals surface area contributed by atoms with Crippen molar-refractivity contribution >= 4 is 28.3 Å². The maximum Gasteiger partial charge on any atom is 0.250 e. The number of ketones is 1. The minimum Gasteiger partial charge on any atom is -0.393 e. The van der Waals surface area contributed by atoms with Crippen LogP contribution in [0.2, 0.25) is 0 Å². The number of para-hydroxylation sites is 1. The van der Waals surface area contributed by atoms with Crippen LogP contribution in [0, 0.1) is 0 Å². The molecule has 0 atom stereocenters. The predicted octanol–water partition coefficient (Wildman–Crippen LogP) is 3.96. The Hall–Kier alpha value is -3.12. The molecule has 0 saturated heterocycles. The second-order valence-corrected chi connectivity index (χ2v) is 8.69. The Bertz CT molecular complexity index is 1170. The van der Waals surface area contributed by atoms with Crippen LogP contribution in [0.3, 0.4) is 0 Å². The van der Waals surface area contributed by atoms with E-state index in [2.05, 4.69) is 9.88 Å². The van der Waals surface area contributed by atoms with Crippen LogP contribution in [0.4, 0.5) is 5.69 Å². The Morgan fingerprint density at radius 2 is 1.84 bits per heavy atom. The molecule has 0 bridgehead atoms. The molecule has 5 rings (SSSR count). The van der Waals surface area contributed by atoms with Gasteiger partial charge in [-0.05, 0) is 62.8 Å². The van der Waals surface area contributed by atoms with Crippen LogP contribution in [-0.4, -0.2) is 33.5 Å². The number of Topliss-reactive ketones (excluding diaryl/α,β-unsaturated/α-hetero) is 1. The molecule has 2 aliphatic carbocycles. The predicted molar refractivity (Wildman–Crippen MR) is 121 cm³/mol. The minimum atomic E-state index is -0.473. The van der Waals surface area contributed by atoms with Crippen molar-refractivity contribution < 1.29 is 14.7 Å². The van der Waals surface area contributed by atoms with E-state index < -0.39 is 5.91 Å². The molecule has 0 unspecified atom stereocenters. The summed E-state index contributed by atoms with van der Waals surface area (Å²) in [5, 5.41) is 14.3. The van der Waals surface area contributed by atoms with Crippen molar-refractivity contribution in [3.8, 4) is 5.69 Å². The van der Waals surface area contributed by atoms with Gasteiger partial charge in [0.1, 0.15) is 0 Å². The van der Waals surface area contributed by atoms with E-state index in [1.807, 2.05) is 36.4 Å². The number of rotatable bonds is 4. The third kappa shape index (κ3) is 3.51. The lowest BCUT2D eigenvalue weighted by molar-refractivity contribution is 0.0971. The van der Waals surface area contributed by atoms with E-state index in [-0.39, 0.29) is 17.9 Å². The molecule has 6 heteroatoms. The van der Waals surface area contributed by atoms with Crippen molar-refractivity contribution in [3.63, 3.8) is 0 Å². The molecule has 0 radical (unpaired) electrons. The monoisotopic (exact) mass is 417 g/mol. The highest BCUT2D eigenvalue weighted by Crippen LogP contribution is 2.36. The highest BCUT2D eigenvalue weighted by molar-refractivity contribution is 6.10. The number of carbonyl (C=O) groups is 2. The van der Waals surface area contributed by atoms with Crippen molar-refractivity contribution in [1.82, 2.24) is 4.57 Å². The van der Waals surface area contributed by atoms with E-state index >= 15 is 0 Å². The fourth-order valence-corrected chi connectivity index (χ4v) is 5.12. The summed E-state index contributed by atoms with van der Waals surface area (Å²) in [7, 11) is 0. The summed E-state index contributed by atoms with van der Waals surface area (Å²) in [5.74, 6) is -0.275. The van der Waals surface area contributed by atoms with Crippen LogP contribution in [0.25, 0.3) is 16.6 Å². The molecule has 2 aromatic carbocycles. The quantitative estimate of drug-likeness (QED) is 0.598. The number of nitrogens with zero attached hydrogens (tertiary/aromatic N) is 1. The Labute approximate surface area is 181 Å². The van der Waals surface area contributed by atoms with E-state index in [9.17, 15) is 14.7 Å². The molecule has 1 heterocycles. The van der Waals surface area contributed by atoms with Crippen LogP contribution in [0.5, 0.6) is 0 Å². The summed E-state index contributed by atoms with van der Waals surface area (Å²) in [5.41, 5.74) is 10.6. The molecule has 0 aliphatic heterocycles. The normalized spacial score (nSPS) is 21.1. The SMILES string of the molecule is NC(=O)c1ccc(-n2c3c(c4ccccc42)C(=O)CCC3)cc1NC1CCC(O)CC1. The van der Waals surface area contributed by atoms with Crippen molar-refractivity contribution in [1.29, 1.82) is 0 Å². The van der Waals surface area contributed by atoms with Gasteiger partial charge in [-0.2, -0.15) is 0 Å². The lowest BCUT2D eigenvalue weighted by Gasteiger charge is -2.28. The molecule has 1 fully saturated rings. The van der Waals surface area contributed by atoms with Crippen molar-refractivity contribution in [3.05, 3.63) is 59.3 Å². The number of hydrogen-bond acceptors (Lipinski definition) is 4. The number of nitrogens with two attached hydrogens (primary N) is 1. The molecular formula is C25H27N3O3. The second kappa shape index (κ2) is 7.85. The van der Waals surface area contributed by atoms with Crippen LogP contribution in [0.1, 0.15) is 64.9 Å². The summed E-state index contributed by atoms with van der Waals surface area (Å²) in [6, 6.07) is 13.8. The van der Waals surface area contributed by atoms with Crippen molar-refractivity contribution in [2.75, 3.05) is 5.32 Å². The van der Waals surface area contributed by atoms with Gasteiger partial charge in [-0.25, -0.2) is 0 Å². The number of aliphatic hydroxyl groups is 1. The average Bonchev–Trinajstić information content (AvgIpc) is 3.11. The summed E-state index contributed by atoms with van der Waals surface area (Å²) >= 11 is 0. The van der Waals surface area contributed by atoms with Gasteiger partial charge in [-0.15, -0.1) is 0 Å². The van der Waals surface area contributed by atoms with Gasteiger partial charge in [0.15, 0.2) is 5.78 Å². The number of aromatic nitrogens is 1. The largest absolute Gasteiger partial charge is 0.393 e. The Kier molecular flexibility index (Phi) is 5.02. The van der Waals surface area contributed by atoms with Crippen LogP contribution in [-0.2, 0) is 6.42 Å². The first-order valence-electron chi connectivity index (χ1n) is 11.1. The Morgan fingerprint density at radius 1 is 1.06 bits per heavy atom. The van der Waals surface area contributed by atoms with Crippen molar-refractivity contribution in [2.24, 2.45) is 5.73 Å². The van der Waals surface area contributed by atoms with Crippen LogP contribution >= 0.6 is 0 Å². The summed E-state index contributed by atoms with van der Waals surface area (Å²) in [6.07, 6.45) is 5.23. The zero-order valence-corrected chi connectivity index (χ0v) is 17.4. The van der Waals surface area contributed by atoms with Gasteiger partial charge < -0.3 is 20.7 Å². The summed E-state index contributed by atoms with van der Waals surface area (Å²) < 4.78 is 2.16. The smallest absolute Gasteiger partial charge is 0.250 e. The average molecular weight is 418 g/mol. The number of primary amides is 1. The van der Waals surface area contributed by atoms with Gasteiger partial charge in [-0.3, -0.25) is 9.59 Å². The minimum absolute atomic E-state index is 0.189. The first-order chi connectivity index (χ1) is 15.0. The molecule has 1 saturated carbocycles. The van der Waals surface area contributed by atoms with Crippen LogP contribution in [0.15, 0.2) is 42.5 Å². The fraction of sp³-hybridized carbons (Fsp3) is 0.360. The van der Waals surface area contributed by atoms with Gasteiger partial charge >= 0.3 is 0 Å². The number of nitrogens with one attached hydrogen (secondary N) is 1. The van der Waals surface area contributed by atoms with Gasteiger partial charge in [0, 0.05) is 40.5 Å². The van der Waals surface area contributed by atoms with Gasteiger partial charge in [0.25, 0.3) is 5.91 Å². The molecule has 3 aromatic rings. The zero-order chi connectivity index (χ0) is 21.5. The summed E-state index contributed by atoms with van der Waals surface area (Å²) in [4.78, 5) is 24.8. The maximum atomic E-state index is 12.7. The molecule has 160 valence electrons. The first-order valence-corrected chi connectivity index (χ1v) is 11.1. The van der Waals surface area contributed by atoms with E-state index in [0.717, 1.165) is 66.4 Å². The number of hydrogen-bond donors (Lipinski definition) is 3. The van der Waals surface area contributed by atoms with Crippen LogP contribution < -0.4 is 11.1 Å². The zero-order valence-electron chi connectivity index (χ0n) is 17.4. The molecular weight excluding hydrogens is 390 g/mol. The van der Waals surface area contributed by atoms with Crippen molar-refractivity contribution in [2.45, 2.75) is 57.1 Å². The number of carbonyl (C=O) groups excluding carboxylic acids is 2. The highest BCUT2D eigenvalue weighted by Gasteiger charge is 2.27. The van der Waals surface area contributed by atoms with Gasteiger partial charge in [-0.1, -0.05) is 18.2 Å². The highest BCUT2D eigenvalue weighted by atomic mass is 16.3. The third-order valence-corrected chi connectivity index (χ3v) is 6.65. The number of anilines is 1. The molecule has 1 amide bonds. The molecule has 2 aliphatic rings. The fourth-order valence-electron chi connectivity index (χ4n) is 5.12. The second-order valence-electron chi connectivity index (χ2n) is 8.69. The standard InChI is InChI=1S/C25H27N3O3/c26-25(31)18-13-10-16(14-20(18)27-15-8-11-17(29)12-9-15)28-21-5-2-1-4-19(21)24-22(28)6-3-7-23(24)30/h1-2,4-5,10,13-15,17,27,29H,3,6-9,11-12H2,(H2,26,31). The van der Waals surface area contributed by atoms with Gasteiger partial charge in [0.05, 0.1) is 17.2 Å². The lowest BCUT2D eigenvalue weighted by Crippen LogP contribution is -2.29. The van der Waals surface area contributed by atoms with Gasteiger partial charge in [0.2, 0.25) is 0 Å². The number of amides is 1. The number of fused-ring (bicyclic) bond motifs is 3. The van der Waals surface area contributed by atoms with E-state index in [0.29, 0.717) is 17.7 Å². The van der Waals surface area contributed by atoms with E-state index in [1.54, 1.807) is 6.07 Å². The molecule has 1 aromatic heterocycles. The van der Waals surface area contributed by atoms with E-state index in [4.69, 9.17) is 5.73 Å². The lowest BCUT2D eigenvalue weighted by atomic mass is 9.92. The third-order valence-electron chi connectivity index (χ3n) is 6.65.